The van der Waals surface area contributed by atoms with Crippen LogP contribution >= 0.6 is 0 Å². The second kappa shape index (κ2) is 5.77. The lowest BCUT2D eigenvalue weighted by molar-refractivity contribution is 0.0910. The van der Waals surface area contributed by atoms with Gasteiger partial charge < -0.3 is 4.74 Å². The van der Waals surface area contributed by atoms with Crippen molar-refractivity contribution >= 4 is 5.78 Å². The van der Waals surface area contributed by atoms with Crippen molar-refractivity contribution < 1.29 is 22.7 Å². The van der Waals surface area contributed by atoms with Crippen molar-refractivity contribution in [3.63, 3.8) is 0 Å². The Balaban J connectivity index is 2.15. The molecule has 0 amide bonds. The SMILES string of the molecule is Cc1cccc(OCC(=O)c2c(F)cccc2F)c1F. The number of ether oxygens (including phenoxy) is 1. The molecule has 104 valence electrons. The number of benzene rings is 2. The van der Waals surface area contributed by atoms with E-state index in [-0.39, 0.29) is 5.75 Å². The third-order valence-electron chi connectivity index (χ3n) is 2.76. The second-order valence-electron chi connectivity index (χ2n) is 4.20. The van der Waals surface area contributed by atoms with Crippen molar-refractivity contribution in [3.05, 3.63) is 65.0 Å². The smallest absolute Gasteiger partial charge is 0.206 e. The van der Waals surface area contributed by atoms with Crippen LogP contribution in [0.25, 0.3) is 0 Å². The molecule has 2 rings (SSSR count). The van der Waals surface area contributed by atoms with Crippen LogP contribution in [0.3, 0.4) is 0 Å². The van der Waals surface area contributed by atoms with Crippen LogP contribution in [0.5, 0.6) is 5.75 Å². The summed E-state index contributed by atoms with van der Waals surface area (Å²) in [4.78, 5) is 11.7. The highest BCUT2D eigenvalue weighted by atomic mass is 19.1. The van der Waals surface area contributed by atoms with E-state index in [0.717, 1.165) is 18.2 Å². The lowest BCUT2D eigenvalue weighted by Crippen LogP contribution is -2.15. The van der Waals surface area contributed by atoms with E-state index in [2.05, 4.69) is 0 Å². The number of Topliss-reactive ketones (excluding diaryl/α,β-unsaturated/α-hetero) is 1. The molecule has 0 spiro atoms. The highest BCUT2D eigenvalue weighted by Gasteiger charge is 2.18. The summed E-state index contributed by atoms with van der Waals surface area (Å²) in [5.74, 6) is -3.56. The van der Waals surface area contributed by atoms with Crippen LogP contribution in [0.4, 0.5) is 13.2 Å². The number of carbonyl (C=O) groups is 1. The molecular weight excluding hydrogens is 269 g/mol. The van der Waals surface area contributed by atoms with Crippen molar-refractivity contribution in [3.8, 4) is 5.75 Å². The van der Waals surface area contributed by atoms with Gasteiger partial charge in [0.25, 0.3) is 0 Å². The van der Waals surface area contributed by atoms with Crippen LogP contribution in [0.1, 0.15) is 15.9 Å². The zero-order chi connectivity index (χ0) is 14.7. The van der Waals surface area contributed by atoms with Crippen LogP contribution in [-0.2, 0) is 0 Å². The topological polar surface area (TPSA) is 26.3 Å². The van der Waals surface area contributed by atoms with Crippen molar-refractivity contribution in [2.75, 3.05) is 6.61 Å². The van der Waals surface area contributed by atoms with E-state index in [1.807, 2.05) is 0 Å². The predicted molar refractivity (Wildman–Crippen MR) is 67.3 cm³/mol. The molecule has 0 fully saturated rings. The summed E-state index contributed by atoms with van der Waals surface area (Å²) >= 11 is 0. The molecule has 0 saturated heterocycles. The monoisotopic (exact) mass is 280 g/mol. The normalized spacial score (nSPS) is 10.4. The fourth-order valence-corrected chi connectivity index (χ4v) is 1.71. The number of halogens is 3. The molecule has 0 atom stereocenters. The quantitative estimate of drug-likeness (QED) is 0.799. The van der Waals surface area contributed by atoms with Crippen LogP contribution in [-0.4, -0.2) is 12.4 Å². The van der Waals surface area contributed by atoms with Crippen LogP contribution in [0, 0.1) is 24.4 Å². The predicted octanol–water partition coefficient (Wildman–Crippen LogP) is 3.67. The van der Waals surface area contributed by atoms with Gasteiger partial charge in [0.15, 0.2) is 18.2 Å². The third kappa shape index (κ3) is 2.82. The Morgan fingerprint density at radius 2 is 1.65 bits per heavy atom. The molecule has 0 unspecified atom stereocenters. The first-order valence-electron chi connectivity index (χ1n) is 5.86. The number of hydrogen-bond donors (Lipinski definition) is 0. The number of rotatable bonds is 4. The van der Waals surface area contributed by atoms with Crippen molar-refractivity contribution in [2.24, 2.45) is 0 Å². The number of carbonyl (C=O) groups excluding carboxylic acids is 1. The fourth-order valence-electron chi connectivity index (χ4n) is 1.71. The number of ketones is 1. The Bertz CT molecular complexity index is 633. The highest BCUT2D eigenvalue weighted by Crippen LogP contribution is 2.20. The molecule has 5 heteroatoms. The molecule has 0 aliphatic rings. The van der Waals surface area contributed by atoms with E-state index in [4.69, 9.17) is 4.74 Å². The zero-order valence-electron chi connectivity index (χ0n) is 10.6. The van der Waals surface area contributed by atoms with Gasteiger partial charge in [0.05, 0.1) is 5.56 Å². The molecule has 0 saturated carbocycles. The lowest BCUT2D eigenvalue weighted by atomic mass is 10.1. The first kappa shape index (κ1) is 14.1. The summed E-state index contributed by atoms with van der Waals surface area (Å²) < 4.78 is 45.4. The van der Waals surface area contributed by atoms with Gasteiger partial charge >= 0.3 is 0 Å². The summed E-state index contributed by atoms with van der Waals surface area (Å²) in [5.41, 5.74) is -0.326. The van der Waals surface area contributed by atoms with Gasteiger partial charge in [0, 0.05) is 0 Å². The summed E-state index contributed by atoms with van der Waals surface area (Å²) in [6, 6.07) is 7.55. The first-order chi connectivity index (χ1) is 9.50. The molecule has 2 aromatic carbocycles. The summed E-state index contributed by atoms with van der Waals surface area (Å²) in [7, 11) is 0. The van der Waals surface area contributed by atoms with Crippen molar-refractivity contribution in [2.45, 2.75) is 6.92 Å². The van der Waals surface area contributed by atoms with E-state index in [1.165, 1.54) is 6.07 Å². The molecule has 20 heavy (non-hydrogen) atoms. The average molecular weight is 280 g/mol. The Kier molecular flexibility index (Phi) is 4.08. The number of hydrogen-bond acceptors (Lipinski definition) is 2. The van der Waals surface area contributed by atoms with Crippen LogP contribution in [0.2, 0.25) is 0 Å². The van der Waals surface area contributed by atoms with Gasteiger partial charge in [-0.2, -0.15) is 0 Å². The van der Waals surface area contributed by atoms with Gasteiger partial charge in [-0.1, -0.05) is 18.2 Å². The lowest BCUT2D eigenvalue weighted by Gasteiger charge is -2.08. The molecule has 0 aliphatic heterocycles. The van der Waals surface area contributed by atoms with Gasteiger partial charge in [0.1, 0.15) is 11.6 Å². The first-order valence-corrected chi connectivity index (χ1v) is 5.86. The molecule has 2 nitrogen and oxygen atoms in total. The maximum Gasteiger partial charge on any atom is 0.206 e. The van der Waals surface area contributed by atoms with Crippen LogP contribution in [0.15, 0.2) is 36.4 Å². The standard InChI is InChI=1S/C15H11F3O2/c1-9-4-2-7-13(15(9)18)20-8-12(19)14-10(16)5-3-6-11(14)17/h2-7H,8H2,1H3. The molecular formula is C15H11F3O2. The minimum atomic E-state index is -0.969. The van der Waals surface area contributed by atoms with Crippen molar-refractivity contribution in [1.29, 1.82) is 0 Å². The third-order valence-corrected chi connectivity index (χ3v) is 2.76. The Morgan fingerprint density at radius 1 is 1.05 bits per heavy atom. The number of aryl methyl sites for hydroxylation is 1. The molecule has 0 radical (unpaired) electrons. The molecule has 0 bridgehead atoms. The maximum absolute atomic E-state index is 13.6. The summed E-state index contributed by atoms with van der Waals surface area (Å²) in [5, 5.41) is 0. The van der Waals surface area contributed by atoms with E-state index in [0.29, 0.717) is 5.56 Å². The van der Waals surface area contributed by atoms with E-state index in [9.17, 15) is 18.0 Å². The second-order valence-corrected chi connectivity index (χ2v) is 4.20. The Morgan fingerprint density at radius 3 is 2.30 bits per heavy atom. The average Bonchev–Trinajstić information content (AvgIpc) is 2.40. The van der Waals surface area contributed by atoms with E-state index in [1.54, 1.807) is 19.1 Å². The van der Waals surface area contributed by atoms with Gasteiger partial charge in [-0.05, 0) is 30.7 Å². The Labute approximate surface area is 113 Å². The maximum atomic E-state index is 13.6. The van der Waals surface area contributed by atoms with Gasteiger partial charge in [-0.15, -0.1) is 0 Å². The largest absolute Gasteiger partial charge is 0.482 e. The minimum Gasteiger partial charge on any atom is -0.482 e. The summed E-state index contributed by atoms with van der Waals surface area (Å²) in [6.07, 6.45) is 0. The Hall–Kier alpha value is -2.30. The van der Waals surface area contributed by atoms with Crippen LogP contribution < -0.4 is 4.74 Å². The molecule has 2 aromatic rings. The molecule has 0 N–H and O–H groups in total. The fraction of sp³-hybridized carbons (Fsp3) is 0.133. The molecule has 0 aromatic heterocycles. The highest BCUT2D eigenvalue weighted by molar-refractivity contribution is 5.97. The molecule has 0 heterocycles. The summed E-state index contributed by atoms with van der Waals surface area (Å²) in [6.45, 7) is 0.902. The molecule has 0 aliphatic carbocycles. The van der Waals surface area contributed by atoms with Gasteiger partial charge in [-0.3, -0.25) is 4.79 Å². The van der Waals surface area contributed by atoms with E-state index < -0.39 is 35.4 Å². The van der Waals surface area contributed by atoms with Crippen molar-refractivity contribution in [1.82, 2.24) is 0 Å². The zero-order valence-corrected chi connectivity index (χ0v) is 10.6. The van der Waals surface area contributed by atoms with Gasteiger partial charge in [0.2, 0.25) is 5.78 Å². The van der Waals surface area contributed by atoms with Gasteiger partial charge in [-0.25, -0.2) is 13.2 Å². The minimum absolute atomic E-state index is 0.130. The van der Waals surface area contributed by atoms with E-state index >= 15 is 0 Å².